The van der Waals surface area contributed by atoms with Crippen LogP contribution < -0.4 is 15.5 Å². The highest BCUT2D eigenvalue weighted by Gasteiger charge is 2.33. The van der Waals surface area contributed by atoms with Crippen LogP contribution in [0, 0.1) is 5.82 Å². The molecular weight excluding hydrogens is 531 g/mol. The molecule has 3 heterocycles. The lowest BCUT2D eigenvalue weighted by Crippen LogP contribution is -2.41. The van der Waals surface area contributed by atoms with Crippen molar-refractivity contribution < 1.29 is 18.7 Å². The normalized spacial score (nSPS) is 16.0. The number of nitrogens with zero attached hydrogens (tertiary/aromatic N) is 4. The molecule has 1 atom stereocenters. The summed E-state index contributed by atoms with van der Waals surface area (Å²) in [6.45, 7) is 7.60. The quantitative estimate of drug-likeness (QED) is 0.273. The Hall–Kier alpha value is -3.02. The minimum absolute atomic E-state index is 0.183. The zero-order chi connectivity index (χ0) is 27.4. The van der Waals surface area contributed by atoms with Crippen molar-refractivity contribution in [2.24, 2.45) is 0 Å². The van der Waals surface area contributed by atoms with Crippen LogP contribution in [0.3, 0.4) is 0 Å². The molecule has 1 aliphatic heterocycles. The first kappa shape index (κ1) is 28.0. The largest absolute Gasteiger partial charge is 0.459 e. The SMILES string of the molecule is CN(c1ccc2nc(NC(=O)NCCCN3CCC[C@H]3C(=O)OC(C)(C)C)sc2n1)c1ccc(Cl)cc1F. The summed E-state index contributed by atoms with van der Waals surface area (Å²) in [5.74, 6) is -0.0990. The maximum atomic E-state index is 14.3. The highest BCUT2D eigenvalue weighted by atomic mass is 35.5. The van der Waals surface area contributed by atoms with Gasteiger partial charge in [0.25, 0.3) is 0 Å². The number of aromatic nitrogens is 2. The van der Waals surface area contributed by atoms with E-state index >= 15 is 0 Å². The Morgan fingerprint density at radius 3 is 2.79 bits per heavy atom. The lowest BCUT2D eigenvalue weighted by molar-refractivity contribution is -0.160. The second-order valence-electron chi connectivity index (χ2n) is 10.1. The maximum absolute atomic E-state index is 14.3. The third kappa shape index (κ3) is 7.09. The Labute approximate surface area is 230 Å². The van der Waals surface area contributed by atoms with Crippen molar-refractivity contribution in [2.45, 2.75) is 51.7 Å². The average molecular weight is 563 g/mol. The molecule has 2 amide bonds. The number of esters is 1. The zero-order valence-electron chi connectivity index (χ0n) is 21.9. The van der Waals surface area contributed by atoms with Gasteiger partial charge in [0.05, 0.1) is 5.69 Å². The molecule has 1 saturated heterocycles. The summed E-state index contributed by atoms with van der Waals surface area (Å²) in [7, 11) is 1.71. The third-order valence-electron chi connectivity index (χ3n) is 6.03. The Morgan fingerprint density at radius 1 is 1.26 bits per heavy atom. The summed E-state index contributed by atoms with van der Waals surface area (Å²) in [6, 6.07) is 7.39. The molecule has 0 unspecified atom stereocenters. The van der Waals surface area contributed by atoms with Gasteiger partial charge in [-0.15, -0.1) is 0 Å². The molecular formula is C26H32ClFN6O3S. The summed E-state index contributed by atoms with van der Waals surface area (Å²) in [5.41, 5.74) is 0.462. The van der Waals surface area contributed by atoms with E-state index in [4.69, 9.17) is 16.3 Å². The number of ether oxygens (including phenoxy) is 1. The van der Waals surface area contributed by atoms with Gasteiger partial charge < -0.3 is 15.0 Å². The number of amides is 2. The van der Waals surface area contributed by atoms with E-state index < -0.39 is 11.4 Å². The zero-order valence-corrected chi connectivity index (χ0v) is 23.5. The average Bonchev–Trinajstić information content (AvgIpc) is 3.46. The molecule has 4 rings (SSSR count). The van der Waals surface area contributed by atoms with Crippen LogP contribution in [0.15, 0.2) is 30.3 Å². The number of pyridine rings is 1. The molecule has 0 saturated carbocycles. The summed E-state index contributed by atoms with van der Waals surface area (Å²) >= 11 is 7.09. The van der Waals surface area contributed by atoms with Crippen LogP contribution >= 0.6 is 22.9 Å². The number of thiazole rings is 1. The van der Waals surface area contributed by atoms with Crippen molar-refractivity contribution in [3.05, 3.63) is 41.2 Å². The number of fused-ring (bicyclic) bond motifs is 1. The standard InChI is InChI=1S/C26H32ClFN6O3S/c1-26(2,3)37-23(35)20-7-5-13-34(20)14-6-12-29-24(36)32-25-30-18-9-11-21(31-22(18)38-25)33(4)19-10-8-16(27)15-17(19)28/h8-11,15,20H,5-7,12-14H2,1-4H3,(H2,29,30,32,36)/t20-/m0/s1. The van der Waals surface area contributed by atoms with Crippen molar-refractivity contribution in [3.63, 3.8) is 0 Å². The minimum Gasteiger partial charge on any atom is -0.459 e. The summed E-state index contributed by atoms with van der Waals surface area (Å²) < 4.78 is 19.9. The molecule has 38 heavy (non-hydrogen) atoms. The van der Waals surface area contributed by atoms with Gasteiger partial charge in [0.2, 0.25) is 0 Å². The first-order valence-electron chi connectivity index (χ1n) is 12.5. The van der Waals surface area contributed by atoms with Crippen molar-refractivity contribution in [3.8, 4) is 0 Å². The van der Waals surface area contributed by atoms with Crippen LogP contribution in [-0.2, 0) is 9.53 Å². The summed E-state index contributed by atoms with van der Waals surface area (Å²) in [6.07, 6.45) is 2.45. The number of benzene rings is 1. The van der Waals surface area contributed by atoms with E-state index in [1.54, 1.807) is 36.2 Å². The summed E-state index contributed by atoms with van der Waals surface area (Å²) in [5, 5.41) is 6.32. The predicted molar refractivity (Wildman–Crippen MR) is 149 cm³/mol. The Bertz CT molecular complexity index is 1310. The van der Waals surface area contributed by atoms with Crippen molar-refractivity contribution in [1.29, 1.82) is 0 Å². The Kier molecular flexibility index (Phi) is 8.69. The Balaban J connectivity index is 1.28. The molecule has 1 aliphatic rings. The fourth-order valence-corrected chi connectivity index (χ4v) is 5.27. The number of hydrogen-bond acceptors (Lipinski definition) is 8. The molecule has 0 aliphatic carbocycles. The van der Waals surface area contributed by atoms with Crippen molar-refractivity contribution in [1.82, 2.24) is 20.2 Å². The van der Waals surface area contributed by atoms with E-state index in [1.807, 2.05) is 20.8 Å². The van der Waals surface area contributed by atoms with Gasteiger partial charge >= 0.3 is 12.0 Å². The van der Waals surface area contributed by atoms with Crippen LogP contribution in [0.25, 0.3) is 10.3 Å². The number of hydrogen-bond donors (Lipinski definition) is 2. The van der Waals surface area contributed by atoms with Gasteiger partial charge in [-0.3, -0.25) is 15.0 Å². The van der Waals surface area contributed by atoms with Gasteiger partial charge in [0.15, 0.2) is 5.13 Å². The number of anilines is 3. The van der Waals surface area contributed by atoms with Gasteiger partial charge in [-0.25, -0.2) is 19.2 Å². The second-order valence-corrected chi connectivity index (χ2v) is 11.5. The molecule has 12 heteroatoms. The van der Waals surface area contributed by atoms with E-state index in [1.165, 1.54) is 17.4 Å². The van der Waals surface area contributed by atoms with E-state index in [-0.39, 0.29) is 18.0 Å². The first-order chi connectivity index (χ1) is 18.0. The second kappa shape index (κ2) is 11.8. The lowest BCUT2D eigenvalue weighted by Gasteiger charge is -2.27. The number of nitrogens with one attached hydrogen (secondary N) is 2. The molecule has 3 aromatic rings. The molecule has 0 radical (unpaired) electrons. The number of halogens is 2. The van der Waals surface area contributed by atoms with E-state index in [2.05, 4.69) is 25.5 Å². The Morgan fingerprint density at radius 2 is 2.05 bits per heavy atom. The van der Waals surface area contributed by atoms with E-state index in [9.17, 15) is 14.0 Å². The predicted octanol–water partition coefficient (Wildman–Crippen LogP) is 5.57. The number of carbonyl (C=O) groups excluding carboxylic acids is 2. The monoisotopic (exact) mass is 562 g/mol. The van der Waals surface area contributed by atoms with Gasteiger partial charge in [0.1, 0.15) is 33.6 Å². The molecule has 1 fully saturated rings. The smallest absolute Gasteiger partial charge is 0.323 e. The van der Waals surface area contributed by atoms with Gasteiger partial charge in [-0.2, -0.15) is 0 Å². The maximum Gasteiger partial charge on any atom is 0.323 e. The highest BCUT2D eigenvalue weighted by molar-refractivity contribution is 7.22. The number of rotatable bonds is 8. The minimum atomic E-state index is -0.507. The van der Waals surface area contributed by atoms with Crippen LogP contribution in [0.2, 0.25) is 5.02 Å². The van der Waals surface area contributed by atoms with Crippen LogP contribution in [0.1, 0.15) is 40.0 Å². The molecule has 2 aromatic heterocycles. The van der Waals surface area contributed by atoms with Crippen molar-refractivity contribution >= 4 is 61.9 Å². The first-order valence-corrected chi connectivity index (χ1v) is 13.7. The highest BCUT2D eigenvalue weighted by Crippen LogP contribution is 2.31. The lowest BCUT2D eigenvalue weighted by atomic mass is 10.1. The molecule has 2 N–H and O–H groups in total. The molecule has 1 aromatic carbocycles. The van der Waals surface area contributed by atoms with E-state index in [0.29, 0.717) is 51.5 Å². The molecule has 204 valence electrons. The van der Waals surface area contributed by atoms with Crippen LogP contribution in [0.4, 0.5) is 25.8 Å². The van der Waals surface area contributed by atoms with E-state index in [0.717, 1.165) is 19.4 Å². The van der Waals surface area contributed by atoms with Gasteiger partial charge in [-0.1, -0.05) is 22.9 Å². The molecule has 9 nitrogen and oxygen atoms in total. The summed E-state index contributed by atoms with van der Waals surface area (Å²) in [4.78, 5) is 38.2. The van der Waals surface area contributed by atoms with Crippen LogP contribution in [-0.4, -0.2) is 65.2 Å². The van der Waals surface area contributed by atoms with Gasteiger partial charge in [-0.05, 0) is 76.9 Å². The van der Waals surface area contributed by atoms with Crippen molar-refractivity contribution in [2.75, 3.05) is 36.9 Å². The molecule has 0 spiro atoms. The fraction of sp³-hybridized carbons (Fsp3) is 0.462. The number of urea groups is 1. The fourth-order valence-electron chi connectivity index (χ4n) is 4.28. The topological polar surface area (TPSA) is 99.7 Å². The number of carbonyl (C=O) groups is 2. The third-order valence-corrected chi connectivity index (χ3v) is 7.14. The number of likely N-dealkylation sites (tertiary alicyclic amines) is 1. The van der Waals surface area contributed by atoms with Crippen LogP contribution in [0.5, 0.6) is 0 Å². The van der Waals surface area contributed by atoms with Gasteiger partial charge in [0, 0.05) is 25.2 Å². The molecule has 0 bridgehead atoms.